The highest BCUT2D eigenvalue weighted by molar-refractivity contribution is 8.18. The fourth-order valence-electron chi connectivity index (χ4n) is 2.44. The van der Waals surface area contributed by atoms with Crippen molar-refractivity contribution in [2.75, 3.05) is 11.9 Å². The number of anilines is 1. The lowest BCUT2D eigenvalue weighted by atomic mass is 10.2. The fraction of sp³-hybridized carbons (Fsp3) is 0.105. The quantitative estimate of drug-likeness (QED) is 0.831. The number of hydrogen-bond acceptors (Lipinski definition) is 4. The number of imide groups is 1. The summed E-state index contributed by atoms with van der Waals surface area (Å²) >= 11 is 0.688. The summed E-state index contributed by atoms with van der Waals surface area (Å²) in [4.78, 5) is 37.5. The van der Waals surface area contributed by atoms with Crippen molar-refractivity contribution in [3.05, 3.63) is 70.4 Å². The van der Waals surface area contributed by atoms with E-state index in [2.05, 4.69) is 5.32 Å². The monoisotopic (exact) mass is 370 g/mol. The summed E-state index contributed by atoms with van der Waals surface area (Å²) in [5.41, 5.74) is 1.77. The van der Waals surface area contributed by atoms with E-state index in [1.54, 1.807) is 24.3 Å². The van der Waals surface area contributed by atoms with Gasteiger partial charge in [0.05, 0.1) is 4.91 Å². The third-order valence-corrected chi connectivity index (χ3v) is 4.58. The number of benzene rings is 2. The number of thioether (sulfide) groups is 1. The number of hydrogen-bond donors (Lipinski definition) is 1. The maximum absolute atomic E-state index is 13.7. The predicted octanol–water partition coefficient (Wildman–Crippen LogP) is 3.81. The molecule has 1 aliphatic rings. The van der Waals surface area contributed by atoms with E-state index in [9.17, 15) is 18.8 Å². The minimum atomic E-state index is -0.609. The Labute approximate surface area is 153 Å². The summed E-state index contributed by atoms with van der Waals surface area (Å²) in [5, 5.41) is 2.09. The van der Waals surface area contributed by atoms with Crippen molar-refractivity contribution < 1.29 is 18.8 Å². The average Bonchev–Trinajstić information content (AvgIpc) is 2.84. The fourth-order valence-corrected chi connectivity index (χ4v) is 3.27. The molecular weight excluding hydrogens is 355 g/mol. The van der Waals surface area contributed by atoms with Crippen LogP contribution in [0.15, 0.2) is 53.4 Å². The number of carbonyl (C=O) groups is 3. The van der Waals surface area contributed by atoms with Crippen LogP contribution >= 0.6 is 11.8 Å². The molecule has 1 heterocycles. The molecule has 0 aliphatic carbocycles. The molecule has 2 aromatic rings. The predicted molar refractivity (Wildman–Crippen MR) is 98.9 cm³/mol. The zero-order chi connectivity index (χ0) is 18.7. The van der Waals surface area contributed by atoms with Crippen LogP contribution in [0.2, 0.25) is 0 Å². The summed E-state index contributed by atoms with van der Waals surface area (Å²) in [6.45, 7) is 1.49. The first-order chi connectivity index (χ1) is 12.4. The Morgan fingerprint density at radius 3 is 2.69 bits per heavy atom. The normalized spacial score (nSPS) is 15.6. The zero-order valence-electron chi connectivity index (χ0n) is 13.9. The Morgan fingerprint density at radius 1 is 1.19 bits per heavy atom. The molecule has 1 N–H and O–H groups in total. The number of aryl methyl sites for hydroxylation is 1. The summed E-state index contributed by atoms with van der Waals surface area (Å²) in [6.07, 6.45) is 1.32. The maximum atomic E-state index is 13.7. The van der Waals surface area contributed by atoms with Gasteiger partial charge < -0.3 is 5.32 Å². The van der Waals surface area contributed by atoms with Gasteiger partial charge in [-0.05, 0) is 48.5 Å². The molecule has 5 nitrogen and oxygen atoms in total. The van der Waals surface area contributed by atoms with E-state index < -0.39 is 29.4 Å². The molecule has 1 saturated heterocycles. The number of nitrogens with zero attached hydrogens (tertiary/aromatic N) is 1. The van der Waals surface area contributed by atoms with Gasteiger partial charge in [0.15, 0.2) is 0 Å². The van der Waals surface area contributed by atoms with Crippen molar-refractivity contribution in [1.29, 1.82) is 0 Å². The highest BCUT2D eigenvalue weighted by atomic mass is 32.2. The Bertz CT molecular complexity index is 927. The van der Waals surface area contributed by atoms with Crippen LogP contribution in [0, 0.1) is 12.7 Å². The molecule has 26 heavy (non-hydrogen) atoms. The molecule has 3 rings (SSSR count). The van der Waals surface area contributed by atoms with Crippen LogP contribution in [0.25, 0.3) is 6.08 Å². The molecule has 3 amide bonds. The Kier molecular flexibility index (Phi) is 5.18. The lowest BCUT2D eigenvalue weighted by Crippen LogP contribution is -2.36. The van der Waals surface area contributed by atoms with Crippen LogP contribution in [0.3, 0.4) is 0 Å². The Balaban J connectivity index is 1.71. The molecule has 7 heteroatoms. The Hall–Kier alpha value is -2.93. The molecule has 0 unspecified atom stereocenters. The van der Waals surface area contributed by atoms with Gasteiger partial charge in [0.2, 0.25) is 5.91 Å². The highest BCUT2D eigenvalue weighted by Gasteiger charge is 2.36. The van der Waals surface area contributed by atoms with Crippen LogP contribution in [0.1, 0.15) is 11.1 Å². The van der Waals surface area contributed by atoms with E-state index in [0.717, 1.165) is 10.5 Å². The van der Waals surface area contributed by atoms with Gasteiger partial charge in [-0.15, -0.1) is 0 Å². The Morgan fingerprint density at radius 2 is 1.96 bits per heavy atom. The van der Waals surface area contributed by atoms with Crippen molar-refractivity contribution in [2.24, 2.45) is 0 Å². The van der Waals surface area contributed by atoms with Crippen LogP contribution in [-0.4, -0.2) is 28.5 Å². The van der Waals surface area contributed by atoms with Gasteiger partial charge in [-0.2, -0.15) is 0 Å². The molecular formula is C19H15FN2O3S. The lowest BCUT2D eigenvalue weighted by molar-refractivity contribution is -0.127. The molecule has 0 saturated carbocycles. The number of amides is 3. The van der Waals surface area contributed by atoms with Crippen LogP contribution in [0.4, 0.5) is 14.9 Å². The maximum Gasteiger partial charge on any atom is 0.294 e. The van der Waals surface area contributed by atoms with Crippen molar-refractivity contribution in [3.63, 3.8) is 0 Å². The molecule has 1 fully saturated rings. The number of halogens is 1. The number of carbonyl (C=O) groups excluding carboxylic acids is 3. The minimum Gasteiger partial charge on any atom is -0.325 e. The largest absolute Gasteiger partial charge is 0.325 e. The summed E-state index contributed by atoms with van der Waals surface area (Å²) in [5.74, 6) is -1.58. The second kappa shape index (κ2) is 7.53. The third-order valence-electron chi connectivity index (χ3n) is 3.67. The van der Waals surface area contributed by atoms with Gasteiger partial charge in [-0.3, -0.25) is 19.3 Å². The molecule has 0 atom stereocenters. The van der Waals surface area contributed by atoms with Gasteiger partial charge >= 0.3 is 0 Å². The van der Waals surface area contributed by atoms with E-state index in [1.807, 2.05) is 13.0 Å². The van der Waals surface area contributed by atoms with Crippen molar-refractivity contribution in [2.45, 2.75) is 6.92 Å². The topological polar surface area (TPSA) is 66.5 Å². The van der Waals surface area contributed by atoms with Crippen molar-refractivity contribution in [1.82, 2.24) is 4.90 Å². The van der Waals surface area contributed by atoms with E-state index in [0.29, 0.717) is 17.4 Å². The first-order valence-corrected chi connectivity index (χ1v) is 8.62. The van der Waals surface area contributed by atoms with Gasteiger partial charge in [0, 0.05) is 11.3 Å². The van der Waals surface area contributed by atoms with E-state index in [1.165, 1.54) is 24.3 Å². The summed E-state index contributed by atoms with van der Waals surface area (Å²) in [7, 11) is 0. The average molecular weight is 370 g/mol. The van der Waals surface area contributed by atoms with E-state index >= 15 is 0 Å². The molecule has 1 aliphatic heterocycles. The van der Waals surface area contributed by atoms with Crippen LogP contribution in [-0.2, 0) is 9.59 Å². The molecule has 0 bridgehead atoms. The molecule has 132 valence electrons. The van der Waals surface area contributed by atoms with Gasteiger partial charge in [-0.1, -0.05) is 30.3 Å². The molecule has 0 spiro atoms. The minimum absolute atomic E-state index is 0.0865. The van der Waals surface area contributed by atoms with E-state index in [4.69, 9.17) is 0 Å². The highest BCUT2D eigenvalue weighted by Crippen LogP contribution is 2.32. The van der Waals surface area contributed by atoms with Crippen LogP contribution in [0.5, 0.6) is 0 Å². The van der Waals surface area contributed by atoms with Gasteiger partial charge in [-0.25, -0.2) is 4.39 Å². The van der Waals surface area contributed by atoms with Crippen LogP contribution < -0.4 is 5.32 Å². The first-order valence-electron chi connectivity index (χ1n) is 7.80. The SMILES string of the molecule is Cc1cccc(NC(=O)CN2C(=O)S/C(=C/c3ccccc3F)C2=O)c1. The second-order valence-electron chi connectivity index (χ2n) is 5.71. The second-order valence-corrected chi connectivity index (χ2v) is 6.70. The van der Waals surface area contributed by atoms with Gasteiger partial charge in [0.1, 0.15) is 12.4 Å². The standard InChI is InChI=1S/C19H15FN2O3S/c1-12-5-4-7-14(9-12)21-17(23)11-22-18(24)16(26-19(22)25)10-13-6-2-3-8-15(13)20/h2-10H,11H2,1H3,(H,21,23)/b16-10+. The molecule has 0 radical (unpaired) electrons. The van der Waals surface area contributed by atoms with E-state index in [-0.39, 0.29) is 10.5 Å². The number of rotatable bonds is 4. The smallest absolute Gasteiger partial charge is 0.294 e. The van der Waals surface area contributed by atoms with Gasteiger partial charge in [0.25, 0.3) is 11.1 Å². The molecule has 0 aromatic heterocycles. The molecule has 2 aromatic carbocycles. The van der Waals surface area contributed by atoms with Crippen molar-refractivity contribution in [3.8, 4) is 0 Å². The zero-order valence-corrected chi connectivity index (χ0v) is 14.7. The van der Waals surface area contributed by atoms with Crippen molar-refractivity contribution >= 4 is 40.6 Å². The first kappa shape index (κ1) is 17.9. The summed E-state index contributed by atoms with van der Waals surface area (Å²) in [6, 6.07) is 13.1. The third kappa shape index (κ3) is 4.00. The number of nitrogens with one attached hydrogen (secondary N) is 1. The summed E-state index contributed by atoms with van der Waals surface area (Å²) < 4.78 is 13.7. The lowest BCUT2D eigenvalue weighted by Gasteiger charge is -2.12.